The Morgan fingerprint density at radius 3 is 2.77 bits per heavy atom. The molecule has 1 unspecified atom stereocenters. The van der Waals surface area contributed by atoms with Crippen LogP contribution in [0, 0.1) is 11.2 Å². The molecule has 1 aliphatic heterocycles. The molecule has 1 heterocycles. The van der Waals surface area contributed by atoms with Crippen LogP contribution in [0.4, 0.5) is 4.39 Å². The average molecular weight is 331 g/mol. The van der Waals surface area contributed by atoms with Gasteiger partial charge in [-0.2, -0.15) is 0 Å². The number of para-hydroxylation sites is 1. The summed E-state index contributed by atoms with van der Waals surface area (Å²) in [6, 6.07) is 4.52. The Labute approximate surface area is 137 Å². The summed E-state index contributed by atoms with van der Waals surface area (Å²) < 4.78 is 19.2. The van der Waals surface area contributed by atoms with Crippen LogP contribution in [0.2, 0.25) is 0 Å². The summed E-state index contributed by atoms with van der Waals surface area (Å²) in [6.45, 7) is 7.33. The third-order valence-corrected chi connectivity index (χ3v) is 4.09. The molecule has 0 spiro atoms. The van der Waals surface area contributed by atoms with Crippen LogP contribution < -0.4 is 10.5 Å². The molecular weight excluding hydrogens is 307 g/mol. The van der Waals surface area contributed by atoms with Gasteiger partial charge in [0.1, 0.15) is 0 Å². The van der Waals surface area contributed by atoms with Crippen molar-refractivity contribution in [3.05, 3.63) is 29.6 Å². The van der Waals surface area contributed by atoms with E-state index in [1.54, 1.807) is 17.9 Å². The molecule has 6 heteroatoms. The molecule has 0 saturated carbocycles. The predicted octanol–water partition coefficient (Wildman–Crippen LogP) is 2.85. The minimum absolute atomic E-state index is 0. The lowest BCUT2D eigenvalue weighted by atomic mass is 9.79. The maximum absolute atomic E-state index is 13.9. The van der Waals surface area contributed by atoms with Gasteiger partial charge in [-0.05, 0) is 30.9 Å². The minimum Gasteiger partial charge on any atom is -0.490 e. The molecule has 1 fully saturated rings. The van der Waals surface area contributed by atoms with E-state index >= 15 is 0 Å². The molecule has 1 atom stereocenters. The maximum atomic E-state index is 13.9. The van der Waals surface area contributed by atoms with Crippen LogP contribution in [0.3, 0.4) is 0 Å². The fourth-order valence-corrected chi connectivity index (χ4v) is 2.69. The fourth-order valence-electron chi connectivity index (χ4n) is 2.69. The van der Waals surface area contributed by atoms with Crippen molar-refractivity contribution in [1.29, 1.82) is 0 Å². The molecule has 1 aromatic rings. The minimum atomic E-state index is -0.504. The lowest BCUT2D eigenvalue weighted by Crippen LogP contribution is -2.54. The molecule has 0 bridgehead atoms. The number of piperidine rings is 1. The molecule has 0 radical (unpaired) electrons. The first-order valence-electron chi connectivity index (χ1n) is 7.33. The first kappa shape index (κ1) is 18.7. The van der Waals surface area contributed by atoms with Crippen LogP contribution in [0.1, 0.15) is 37.6 Å². The number of carbonyl (C=O) groups is 1. The quantitative estimate of drug-likeness (QED) is 0.927. The van der Waals surface area contributed by atoms with Crippen LogP contribution >= 0.6 is 12.4 Å². The summed E-state index contributed by atoms with van der Waals surface area (Å²) in [4.78, 5) is 14.4. The molecule has 0 aromatic heterocycles. The van der Waals surface area contributed by atoms with Gasteiger partial charge in [-0.3, -0.25) is 4.79 Å². The van der Waals surface area contributed by atoms with Crippen molar-refractivity contribution in [1.82, 2.24) is 4.90 Å². The van der Waals surface area contributed by atoms with Gasteiger partial charge in [0.15, 0.2) is 11.6 Å². The number of hydrogen-bond donors (Lipinski definition) is 1. The van der Waals surface area contributed by atoms with Crippen LogP contribution in [0.5, 0.6) is 5.75 Å². The van der Waals surface area contributed by atoms with Crippen molar-refractivity contribution in [3.63, 3.8) is 0 Å². The molecule has 22 heavy (non-hydrogen) atoms. The monoisotopic (exact) mass is 330 g/mol. The Morgan fingerprint density at radius 1 is 1.50 bits per heavy atom. The number of rotatable bonds is 3. The topological polar surface area (TPSA) is 55.6 Å². The van der Waals surface area contributed by atoms with E-state index in [4.69, 9.17) is 10.5 Å². The van der Waals surface area contributed by atoms with Gasteiger partial charge in [-0.15, -0.1) is 12.4 Å². The number of hydrogen-bond acceptors (Lipinski definition) is 3. The molecule has 1 aliphatic rings. The molecule has 2 N–H and O–H groups in total. The number of carbonyl (C=O) groups excluding carboxylic acids is 1. The largest absolute Gasteiger partial charge is 0.490 e. The summed E-state index contributed by atoms with van der Waals surface area (Å²) >= 11 is 0. The highest BCUT2D eigenvalue weighted by molar-refractivity contribution is 5.97. The third-order valence-electron chi connectivity index (χ3n) is 4.09. The smallest absolute Gasteiger partial charge is 0.257 e. The fraction of sp³-hybridized carbons (Fsp3) is 0.562. The molecule has 4 nitrogen and oxygen atoms in total. The summed E-state index contributed by atoms with van der Waals surface area (Å²) in [5.41, 5.74) is 6.23. The van der Waals surface area contributed by atoms with Gasteiger partial charge in [0, 0.05) is 19.1 Å². The van der Waals surface area contributed by atoms with Crippen LogP contribution in [-0.4, -0.2) is 36.5 Å². The molecule has 124 valence electrons. The van der Waals surface area contributed by atoms with Gasteiger partial charge in [0.25, 0.3) is 5.91 Å². The Balaban J connectivity index is 0.00000242. The Morgan fingerprint density at radius 2 is 2.18 bits per heavy atom. The molecule has 1 amide bonds. The zero-order chi connectivity index (χ0) is 15.6. The van der Waals surface area contributed by atoms with Gasteiger partial charge in [0.2, 0.25) is 0 Å². The lowest BCUT2D eigenvalue weighted by Gasteiger charge is -2.42. The summed E-state index contributed by atoms with van der Waals surface area (Å²) in [5.74, 6) is -0.661. The second-order valence-electron chi connectivity index (χ2n) is 6.16. The molecular formula is C16H24ClFN2O2. The van der Waals surface area contributed by atoms with Crippen molar-refractivity contribution < 1.29 is 13.9 Å². The van der Waals surface area contributed by atoms with Crippen molar-refractivity contribution in [2.45, 2.75) is 33.2 Å². The highest BCUT2D eigenvalue weighted by atomic mass is 35.5. The van der Waals surface area contributed by atoms with E-state index in [0.717, 1.165) is 6.42 Å². The first-order chi connectivity index (χ1) is 9.86. The number of likely N-dealkylation sites (tertiary alicyclic amines) is 1. The number of benzene rings is 1. The predicted molar refractivity (Wildman–Crippen MR) is 87.1 cm³/mol. The van der Waals surface area contributed by atoms with E-state index in [1.807, 2.05) is 13.8 Å². The Hall–Kier alpha value is -1.33. The van der Waals surface area contributed by atoms with E-state index in [1.165, 1.54) is 12.1 Å². The lowest BCUT2D eigenvalue weighted by molar-refractivity contribution is 0.0528. The number of ether oxygens (including phenoxy) is 1. The summed E-state index contributed by atoms with van der Waals surface area (Å²) in [6.07, 6.45) is 0.748. The Bertz CT molecular complexity index is 537. The van der Waals surface area contributed by atoms with Crippen LogP contribution in [0.15, 0.2) is 18.2 Å². The second-order valence-corrected chi connectivity index (χ2v) is 6.16. The van der Waals surface area contributed by atoms with Gasteiger partial charge in [0.05, 0.1) is 12.2 Å². The maximum Gasteiger partial charge on any atom is 0.257 e. The van der Waals surface area contributed by atoms with Crippen molar-refractivity contribution >= 4 is 18.3 Å². The van der Waals surface area contributed by atoms with E-state index in [0.29, 0.717) is 19.7 Å². The van der Waals surface area contributed by atoms with Crippen molar-refractivity contribution in [2.75, 3.05) is 19.7 Å². The molecule has 1 aromatic carbocycles. The zero-order valence-electron chi connectivity index (χ0n) is 13.3. The van der Waals surface area contributed by atoms with E-state index < -0.39 is 5.82 Å². The number of halogens is 2. The van der Waals surface area contributed by atoms with Crippen LogP contribution in [-0.2, 0) is 0 Å². The van der Waals surface area contributed by atoms with Gasteiger partial charge >= 0.3 is 0 Å². The van der Waals surface area contributed by atoms with Crippen molar-refractivity contribution in [3.8, 4) is 5.75 Å². The summed E-state index contributed by atoms with van der Waals surface area (Å²) in [5, 5.41) is 0. The number of nitrogens with two attached hydrogens (primary N) is 1. The summed E-state index contributed by atoms with van der Waals surface area (Å²) in [7, 11) is 0. The van der Waals surface area contributed by atoms with Gasteiger partial charge in [-0.25, -0.2) is 4.39 Å². The highest BCUT2D eigenvalue weighted by Crippen LogP contribution is 2.31. The SMILES string of the molecule is CCOc1c(F)cccc1C(=O)N1CCC(N)C(C)(C)C1.Cl. The third kappa shape index (κ3) is 3.70. The van der Waals surface area contributed by atoms with E-state index in [2.05, 4.69) is 0 Å². The molecule has 1 saturated heterocycles. The number of amides is 1. The van der Waals surface area contributed by atoms with E-state index in [-0.39, 0.29) is 41.1 Å². The normalized spacial score (nSPS) is 20.2. The zero-order valence-corrected chi connectivity index (χ0v) is 14.1. The second kappa shape index (κ2) is 7.29. The van der Waals surface area contributed by atoms with Crippen molar-refractivity contribution in [2.24, 2.45) is 11.1 Å². The van der Waals surface area contributed by atoms with E-state index in [9.17, 15) is 9.18 Å². The van der Waals surface area contributed by atoms with Crippen LogP contribution in [0.25, 0.3) is 0 Å². The highest BCUT2D eigenvalue weighted by Gasteiger charge is 2.36. The van der Waals surface area contributed by atoms with Gasteiger partial charge < -0.3 is 15.4 Å². The first-order valence-corrected chi connectivity index (χ1v) is 7.33. The number of nitrogens with zero attached hydrogens (tertiary/aromatic N) is 1. The standard InChI is InChI=1S/C16H23FN2O2.ClH/c1-4-21-14-11(6-5-7-12(14)17)15(20)19-9-8-13(18)16(2,3)10-19;/h5-7,13H,4,8-10,18H2,1-3H3;1H. The average Bonchev–Trinajstić information content (AvgIpc) is 2.43. The van der Waals surface area contributed by atoms with Gasteiger partial charge in [-0.1, -0.05) is 19.9 Å². The Kier molecular flexibility index (Phi) is 6.20. The molecule has 0 aliphatic carbocycles. The molecule has 2 rings (SSSR count).